The first-order valence-corrected chi connectivity index (χ1v) is 6.99. The molecule has 1 heterocycles. The third kappa shape index (κ3) is 5.92. The van der Waals surface area contributed by atoms with E-state index in [4.69, 9.17) is 0 Å². The predicted molar refractivity (Wildman–Crippen MR) is 78.7 cm³/mol. The first-order valence-electron chi connectivity index (χ1n) is 6.99. The van der Waals surface area contributed by atoms with Crippen molar-refractivity contribution in [2.45, 2.75) is 13.0 Å². The molecule has 1 saturated heterocycles. The SMILES string of the molecule is C=CCNC(=O)NC(=O)CN1CCNCC1C(=O)NCC. The largest absolute Gasteiger partial charge is 0.355 e. The van der Waals surface area contributed by atoms with Crippen molar-refractivity contribution < 1.29 is 14.4 Å². The van der Waals surface area contributed by atoms with Crippen LogP contribution in [0.15, 0.2) is 12.7 Å². The summed E-state index contributed by atoms with van der Waals surface area (Å²) in [6.07, 6.45) is 1.52. The molecule has 118 valence electrons. The summed E-state index contributed by atoms with van der Waals surface area (Å²) >= 11 is 0. The quantitative estimate of drug-likeness (QED) is 0.443. The van der Waals surface area contributed by atoms with Gasteiger partial charge >= 0.3 is 6.03 Å². The molecule has 0 saturated carbocycles. The van der Waals surface area contributed by atoms with E-state index in [-0.39, 0.29) is 19.0 Å². The van der Waals surface area contributed by atoms with Crippen LogP contribution in [0, 0.1) is 0 Å². The number of hydrogen-bond donors (Lipinski definition) is 4. The molecule has 1 fully saturated rings. The Balaban J connectivity index is 2.49. The molecule has 1 aliphatic rings. The Morgan fingerprint density at radius 3 is 2.81 bits per heavy atom. The predicted octanol–water partition coefficient (Wildman–Crippen LogP) is -1.59. The van der Waals surface area contributed by atoms with E-state index in [0.29, 0.717) is 26.2 Å². The summed E-state index contributed by atoms with van der Waals surface area (Å²) in [5, 5.41) is 10.5. The number of amides is 4. The molecule has 0 bridgehead atoms. The maximum Gasteiger partial charge on any atom is 0.321 e. The van der Waals surface area contributed by atoms with Crippen LogP contribution in [0.2, 0.25) is 0 Å². The van der Waals surface area contributed by atoms with Gasteiger partial charge in [0.05, 0.1) is 6.54 Å². The van der Waals surface area contributed by atoms with E-state index in [2.05, 4.69) is 27.8 Å². The van der Waals surface area contributed by atoms with E-state index in [1.165, 1.54) is 6.08 Å². The van der Waals surface area contributed by atoms with Crippen molar-refractivity contribution in [3.63, 3.8) is 0 Å². The molecule has 1 unspecified atom stereocenters. The third-order valence-electron chi connectivity index (χ3n) is 3.01. The van der Waals surface area contributed by atoms with Crippen LogP contribution in [0.5, 0.6) is 0 Å². The van der Waals surface area contributed by atoms with Gasteiger partial charge in [-0.1, -0.05) is 6.08 Å². The molecule has 0 spiro atoms. The number of likely N-dealkylation sites (N-methyl/N-ethyl adjacent to an activating group) is 1. The van der Waals surface area contributed by atoms with Crippen molar-refractivity contribution in [1.82, 2.24) is 26.2 Å². The first kappa shape index (κ1) is 17.1. The van der Waals surface area contributed by atoms with Gasteiger partial charge in [0.1, 0.15) is 6.04 Å². The first-order chi connectivity index (χ1) is 10.1. The minimum absolute atomic E-state index is 0.00495. The molecule has 0 aromatic heterocycles. The van der Waals surface area contributed by atoms with Crippen LogP contribution < -0.4 is 21.3 Å². The van der Waals surface area contributed by atoms with Crippen LogP contribution >= 0.6 is 0 Å². The number of hydrogen-bond acceptors (Lipinski definition) is 5. The minimum Gasteiger partial charge on any atom is -0.355 e. The van der Waals surface area contributed by atoms with Crippen molar-refractivity contribution in [2.24, 2.45) is 0 Å². The van der Waals surface area contributed by atoms with Crippen molar-refractivity contribution in [3.05, 3.63) is 12.7 Å². The van der Waals surface area contributed by atoms with Crippen LogP contribution in [-0.2, 0) is 9.59 Å². The molecule has 8 heteroatoms. The van der Waals surface area contributed by atoms with Crippen LogP contribution in [0.4, 0.5) is 4.79 Å². The maximum atomic E-state index is 11.9. The van der Waals surface area contributed by atoms with Gasteiger partial charge in [-0.25, -0.2) is 4.79 Å². The van der Waals surface area contributed by atoms with Crippen molar-refractivity contribution >= 4 is 17.8 Å². The smallest absolute Gasteiger partial charge is 0.321 e. The van der Waals surface area contributed by atoms with Crippen molar-refractivity contribution in [2.75, 3.05) is 39.3 Å². The summed E-state index contributed by atoms with van der Waals surface area (Å²) in [5.74, 6) is -0.554. The molecule has 1 atom stereocenters. The summed E-state index contributed by atoms with van der Waals surface area (Å²) in [6.45, 7) is 7.90. The molecule has 4 amide bonds. The summed E-state index contributed by atoms with van der Waals surface area (Å²) in [7, 11) is 0. The van der Waals surface area contributed by atoms with Gasteiger partial charge in [0.15, 0.2) is 0 Å². The average molecular weight is 297 g/mol. The number of urea groups is 1. The van der Waals surface area contributed by atoms with E-state index in [9.17, 15) is 14.4 Å². The summed E-state index contributed by atoms with van der Waals surface area (Å²) in [6, 6.07) is -0.967. The van der Waals surface area contributed by atoms with Crippen molar-refractivity contribution in [3.8, 4) is 0 Å². The number of rotatable bonds is 6. The normalized spacial score (nSPS) is 18.6. The average Bonchev–Trinajstić information content (AvgIpc) is 2.45. The van der Waals surface area contributed by atoms with Crippen molar-refractivity contribution in [1.29, 1.82) is 0 Å². The highest BCUT2D eigenvalue weighted by Gasteiger charge is 2.29. The molecular formula is C13H23N5O3. The number of carbonyl (C=O) groups excluding carboxylic acids is 3. The highest BCUT2D eigenvalue weighted by Crippen LogP contribution is 2.03. The summed E-state index contributed by atoms with van der Waals surface area (Å²) in [4.78, 5) is 36.9. The molecule has 1 aliphatic heterocycles. The van der Waals surface area contributed by atoms with Crippen LogP contribution in [0.3, 0.4) is 0 Å². The number of nitrogens with one attached hydrogen (secondary N) is 4. The molecule has 0 radical (unpaired) electrons. The van der Waals surface area contributed by atoms with Gasteiger partial charge in [0.25, 0.3) is 0 Å². The molecule has 0 aliphatic carbocycles. The Hall–Kier alpha value is -1.93. The minimum atomic E-state index is -0.565. The summed E-state index contributed by atoms with van der Waals surface area (Å²) in [5.41, 5.74) is 0. The van der Waals surface area contributed by atoms with Gasteiger partial charge in [-0.05, 0) is 6.92 Å². The van der Waals surface area contributed by atoms with E-state index < -0.39 is 18.0 Å². The molecule has 21 heavy (non-hydrogen) atoms. The number of nitrogens with zero attached hydrogens (tertiary/aromatic N) is 1. The van der Waals surface area contributed by atoms with Crippen LogP contribution in [0.25, 0.3) is 0 Å². The van der Waals surface area contributed by atoms with E-state index in [0.717, 1.165) is 0 Å². The maximum absolute atomic E-state index is 11.9. The van der Waals surface area contributed by atoms with Gasteiger partial charge in [-0.15, -0.1) is 6.58 Å². The lowest BCUT2D eigenvalue weighted by Gasteiger charge is -2.34. The summed E-state index contributed by atoms with van der Waals surface area (Å²) < 4.78 is 0. The Bertz CT molecular complexity index is 399. The fraction of sp³-hybridized carbons (Fsp3) is 0.615. The zero-order valence-electron chi connectivity index (χ0n) is 12.3. The highest BCUT2D eigenvalue weighted by atomic mass is 16.2. The lowest BCUT2D eigenvalue weighted by molar-refractivity contribution is -0.129. The Kier molecular flexibility index (Phi) is 7.41. The second-order valence-electron chi connectivity index (χ2n) is 4.63. The zero-order chi connectivity index (χ0) is 15.7. The Morgan fingerprint density at radius 2 is 2.14 bits per heavy atom. The van der Waals surface area contributed by atoms with Gasteiger partial charge in [-0.2, -0.15) is 0 Å². The van der Waals surface area contributed by atoms with E-state index in [1.807, 2.05) is 6.92 Å². The molecule has 4 N–H and O–H groups in total. The number of carbonyl (C=O) groups is 3. The topological polar surface area (TPSA) is 103 Å². The fourth-order valence-corrected chi connectivity index (χ4v) is 2.05. The van der Waals surface area contributed by atoms with Gasteiger partial charge in [0.2, 0.25) is 11.8 Å². The standard InChI is InChI=1S/C13H23N5O3/c1-3-5-16-13(21)17-11(19)9-18-7-6-14-8-10(18)12(20)15-4-2/h3,10,14H,1,4-9H2,2H3,(H,15,20)(H2,16,17,19,21). The molecule has 8 nitrogen and oxygen atoms in total. The monoisotopic (exact) mass is 297 g/mol. The molecular weight excluding hydrogens is 274 g/mol. The highest BCUT2D eigenvalue weighted by molar-refractivity contribution is 5.95. The zero-order valence-corrected chi connectivity index (χ0v) is 12.3. The number of imide groups is 1. The lowest BCUT2D eigenvalue weighted by Crippen LogP contribution is -2.60. The van der Waals surface area contributed by atoms with Crippen LogP contribution in [0.1, 0.15) is 6.92 Å². The third-order valence-corrected chi connectivity index (χ3v) is 3.01. The second kappa shape index (κ2) is 9.09. The van der Waals surface area contributed by atoms with Gasteiger partial charge < -0.3 is 16.0 Å². The fourth-order valence-electron chi connectivity index (χ4n) is 2.05. The molecule has 0 aromatic rings. The van der Waals surface area contributed by atoms with Gasteiger partial charge in [-0.3, -0.25) is 19.8 Å². The van der Waals surface area contributed by atoms with E-state index >= 15 is 0 Å². The molecule has 0 aromatic carbocycles. The van der Waals surface area contributed by atoms with E-state index in [1.54, 1.807) is 4.90 Å². The lowest BCUT2D eigenvalue weighted by atomic mass is 10.1. The Labute approximate surface area is 124 Å². The Morgan fingerprint density at radius 1 is 1.38 bits per heavy atom. The van der Waals surface area contributed by atoms with Gasteiger partial charge in [0, 0.05) is 32.7 Å². The van der Waals surface area contributed by atoms with Crippen LogP contribution in [-0.4, -0.2) is 68.1 Å². The molecule has 1 rings (SSSR count). The number of piperazine rings is 1. The second-order valence-corrected chi connectivity index (χ2v) is 4.63.